The molecule has 0 bridgehead atoms. The minimum absolute atomic E-state index is 0. The zero-order valence-corrected chi connectivity index (χ0v) is 36.1. The van der Waals surface area contributed by atoms with Crippen LogP contribution in [0.1, 0.15) is 67.7 Å². The molecular formula is C42H39BrF4MgN6O7. The number of nitrogens with two attached hydrogens (primary N) is 3. The molecule has 4 aromatic rings. The molecule has 7 N–H and O–H groups in total. The van der Waals surface area contributed by atoms with Gasteiger partial charge in [-0.1, -0.05) is 54.5 Å². The molecule has 2 atom stereocenters. The molecule has 13 nitrogen and oxygen atoms in total. The number of aliphatic imine (C=N–C) groups is 2. The summed E-state index contributed by atoms with van der Waals surface area (Å²) < 4.78 is 57.5. The summed E-state index contributed by atoms with van der Waals surface area (Å²) >= 11 is 0. The number of carbonyl (C=O) groups excluding carboxylic acids is 4. The number of guanidine groups is 2. The van der Waals surface area contributed by atoms with E-state index < -0.39 is 42.3 Å². The van der Waals surface area contributed by atoms with Gasteiger partial charge in [0.1, 0.15) is 23.9 Å². The molecule has 0 spiro atoms. The number of carbonyl (C=O) groups is 4. The van der Waals surface area contributed by atoms with Crippen molar-refractivity contribution in [2.24, 2.45) is 27.2 Å². The van der Waals surface area contributed by atoms with Crippen LogP contribution in [0.2, 0.25) is 0 Å². The maximum atomic E-state index is 13.2. The standard InChI is InChI=1S/C21H19F2N3O3.C16H10F2O4.C3H3.C2H7N3.BrH.Mg/c1-3-5-17(27)13-6-4-7-15(12-13)21(18(28)26(2)20(24)25-21)14-8-10-16(11-9-14)29-19(22)23;17-16(18)22-13-6-4-11(5-7-13)14(20)15(21)12-3-1-2-10(8-12)9-19;1-3-2;1-5-2(3)4;;/h4,6-12,17,19,27H,1-2H3,(H2,24,25);1-9,16H;1H3;1H3,(H4,3,4,5);1H;/q;;-1;;;+2/p-1. The minimum atomic E-state index is -2.96. The van der Waals surface area contributed by atoms with E-state index in [9.17, 15) is 41.8 Å². The van der Waals surface area contributed by atoms with Gasteiger partial charge < -0.3 is 61.1 Å². The first-order valence-corrected chi connectivity index (χ1v) is 16.9. The zero-order chi connectivity index (χ0) is 44.3. The predicted molar refractivity (Wildman–Crippen MR) is 217 cm³/mol. The number of aldehydes is 1. The number of likely N-dealkylation sites (N-methyl/N-ethyl adjacent to an activating group) is 1. The number of benzene rings is 4. The van der Waals surface area contributed by atoms with E-state index in [2.05, 4.69) is 31.3 Å². The van der Waals surface area contributed by atoms with Gasteiger partial charge in [0, 0.05) is 30.8 Å². The summed E-state index contributed by atoms with van der Waals surface area (Å²) in [5.41, 5.74) is 15.8. The molecule has 2 unspecified atom stereocenters. The molecule has 316 valence electrons. The van der Waals surface area contributed by atoms with Gasteiger partial charge >= 0.3 is 36.3 Å². The Labute approximate surface area is 376 Å². The maximum Gasteiger partial charge on any atom is 2.00 e. The van der Waals surface area contributed by atoms with Crippen molar-refractivity contribution in [3.05, 3.63) is 137 Å². The molecule has 0 saturated heterocycles. The fraction of sp³-hybridized carbons (Fsp3) is 0.190. The number of ketones is 2. The fourth-order valence-corrected chi connectivity index (χ4v) is 5.02. The Kier molecular flexibility index (Phi) is 24.0. The van der Waals surface area contributed by atoms with Gasteiger partial charge in [0.05, 0.1) is 0 Å². The first-order valence-electron chi connectivity index (χ1n) is 16.9. The van der Waals surface area contributed by atoms with Gasteiger partial charge in [-0.3, -0.25) is 29.1 Å². The number of alkyl halides is 4. The molecule has 5 rings (SSSR count). The number of nitrogens with zero attached hydrogens (tertiary/aromatic N) is 3. The molecule has 1 aliphatic rings. The summed E-state index contributed by atoms with van der Waals surface area (Å²) in [7, 11) is 3.04. The van der Waals surface area contributed by atoms with Crippen LogP contribution in [-0.2, 0) is 10.3 Å². The van der Waals surface area contributed by atoms with E-state index in [-0.39, 0.29) is 80.1 Å². The molecule has 0 radical (unpaired) electrons. The van der Waals surface area contributed by atoms with E-state index in [1.54, 1.807) is 38.1 Å². The second-order valence-corrected chi connectivity index (χ2v) is 11.6. The average Bonchev–Trinajstić information content (AvgIpc) is 3.45. The monoisotopic (exact) mass is 918 g/mol. The number of rotatable bonds is 11. The van der Waals surface area contributed by atoms with E-state index in [4.69, 9.17) is 23.6 Å². The summed E-state index contributed by atoms with van der Waals surface area (Å²) in [4.78, 5) is 57.0. The van der Waals surface area contributed by atoms with E-state index in [1.807, 2.05) is 5.92 Å². The van der Waals surface area contributed by atoms with Gasteiger partial charge in [-0.15, -0.1) is 5.92 Å². The molecule has 1 aliphatic heterocycles. The van der Waals surface area contributed by atoms with Gasteiger partial charge in [0.15, 0.2) is 17.5 Å². The Balaban J connectivity index is 0.000000999. The van der Waals surface area contributed by atoms with Crippen molar-refractivity contribution in [2.75, 3.05) is 14.1 Å². The summed E-state index contributed by atoms with van der Waals surface area (Å²) in [5.74, 6) is 5.29. The van der Waals surface area contributed by atoms with Crippen LogP contribution in [0.25, 0.3) is 0 Å². The first-order chi connectivity index (χ1) is 28.0. The van der Waals surface area contributed by atoms with Crippen molar-refractivity contribution in [3.8, 4) is 29.3 Å². The second-order valence-electron chi connectivity index (χ2n) is 11.6. The molecule has 0 aliphatic carbocycles. The molecule has 0 saturated carbocycles. The van der Waals surface area contributed by atoms with Gasteiger partial charge in [0.2, 0.25) is 11.6 Å². The molecule has 61 heavy (non-hydrogen) atoms. The van der Waals surface area contributed by atoms with Gasteiger partial charge in [-0.25, -0.2) is 4.99 Å². The third kappa shape index (κ3) is 15.7. The smallest absolute Gasteiger partial charge is 1.00 e. The Morgan fingerprint density at radius 3 is 1.80 bits per heavy atom. The molecular weight excluding hydrogens is 881 g/mol. The van der Waals surface area contributed by atoms with Gasteiger partial charge in [0.25, 0.3) is 5.91 Å². The van der Waals surface area contributed by atoms with Crippen LogP contribution in [0.4, 0.5) is 17.6 Å². The van der Waals surface area contributed by atoms with Gasteiger partial charge in [-0.2, -0.15) is 17.6 Å². The number of hydrogen-bond donors (Lipinski definition) is 4. The third-order valence-corrected chi connectivity index (χ3v) is 7.73. The van der Waals surface area contributed by atoms with Crippen molar-refractivity contribution in [1.29, 1.82) is 0 Å². The van der Waals surface area contributed by atoms with E-state index in [0.717, 1.165) is 0 Å². The Morgan fingerprint density at radius 1 is 0.869 bits per heavy atom. The third-order valence-electron chi connectivity index (χ3n) is 7.73. The summed E-state index contributed by atoms with van der Waals surface area (Å²) in [5, 5.41) is 10.2. The van der Waals surface area contributed by atoms with Gasteiger partial charge in [-0.05, 0) is 79.1 Å². The van der Waals surface area contributed by atoms with E-state index in [1.165, 1.54) is 91.8 Å². The minimum Gasteiger partial charge on any atom is -1.00 e. The van der Waals surface area contributed by atoms with Crippen molar-refractivity contribution in [1.82, 2.24) is 4.90 Å². The number of aliphatic hydroxyl groups is 1. The van der Waals surface area contributed by atoms with Crippen LogP contribution in [0.15, 0.2) is 107 Å². The van der Waals surface area contributed by atoms with Crippen LogP contribution in [0, 0.1) is 24.2 Å². The first kappa shape index (κ1) is 54.7. The fourth-order valence-electron chi connectivity index (χ4n) is 5.02. The molecule has 0 aromatic heterocycles. The molecule has 0 fully saturated rings. The largest absolute Gasteiger partial charge is 2.00 e. The van der Waals surface area contributed by atoms with E-state index >= 15 is 0 Å². The number of Topliss-reactive ketones (excluding diaryl/α,β-unsaturated/α-hetero) is 2. The number of amides is 1. The number of aliphatic hydroxyl groups excluding tert-OH is 1. The van der Waals surface area contributed by atoms with E-state index in [0.29, 0.717) is 23.0 Å². The van der Waals surface area contributed by atoms with Crippen molar-refractivity contribution >= 4 is 58.7 Å². The van der Waals surface area contributed by atoms with Crippen LogP contribution in [0.3, 0.4) is 0 Å². The Morgan fingerprint density at radius 2 is 1.36 bits per heavy atom. The normalized spacial score (nSPS) is 13.7. The molecule has 19 heteroatoms. The second kappa shape index (κ2) is 26.8. The Bertz CT molecular complexity index is 2260. The SMILES string of the molecule is CC#CC(O)c1cccc(C2(c3ccc(OC(F)F)cc3)N=C(N)N(C)C2=O)c1.CN=C(N)N.O=Cc1cccc(C(=O)C(=O)c2ccc(OC(F)F)cc2)c1.[Br-].[C-]#CC.[Mg+2]. The quantitative estimate of drug-likeness (QED) is 0.0197. The number of hydrogen-bond acceptors (Lipinski definition) is 10. The van der Waals surface area contributed by atoms with Crippen molar-refractivity contribution < 1.29 is 68.3 Å². The predicted octanol–water partition coefficient (Wildman–Crippen LogP) is 1.65. The molecule has 1 heterocycles. The summed E-state index contributed by atoms with van der Waals surface area (Å²) in [6.07, 6.45) is 5.49. The summed E-state index contributed by atoms with van der Waals surface area (Å²) in [6, 6.07) is 22.8. The average molecular weight is 920 g/mol. The Hall–Kier alpha value is -6.25. The maximum absolute atomic E-state index is 13.2. The number of halogens is 5. The van der Waals surface area contributed by atoms with Crippen molar-refractivity contribution in [2.45, 2.75) is 38.7 Å². The van der Waals surface area contributed by atoms with Crippen LogP contribution >= 0.6 is 0 Å². The summed E-state index contributed by atoms with van der Waals surface area (Å²) in [6.45, 7) is -2.77. The van der Waals surface area contributed by atoms with Crippen LogP contribution in [0.5, 0.6) is 11.5 Å². The molecule has 4 aromatic carbocycles. The van der Waals surface area contributed by atoms with Crippen LogP contribution < -0.4 is 43.7 Å². The topological polar surface area (TPSA) is 213 Å². The number of ether oxygens (including phenoxy) is 2. The molecule has 1 amide bonds. The van der Waals surface area contributed by atoms with Crippen LogP contribution in [-0.4, -0.2) is 96.1 Å². The zero-order valence-electron chi connectivity index (χ0n) is 33.1. The van der Waals surface area contributed by atoms with Crippen molar-refractivity contribution in [3.63, 3.8) is 0 Å².